The zero-order valence-electron chi connectivity index (χ0n) is 15.7. The van der Waals surface area contributed by atoms with Crippen LogP contribution in [0, 0.1) is 6.92 Å². The summed E-state index contributed by atoms with van der Waals surface area (Å²) in [5, 5.41) is 2.82. The number of hydrogen-bond donors (Lipinski definition) is 1. The van der Waals surface area contributed by atoms with Gasteiger partial charge < -0.3 is 10.1 Å². The first-order valence-corrected chi connectivity index (χ1v) is 10.5. The lowest BCUT2D eigenvalue weighted by Crippen LogP contribution is -2.39. The number of methoxy groups -OCH3 is 1. The van der Waals surface area contributed by atoms with Crippen LogP contribution in [0.5, 0.6) is 5.75 Å². The van der Waals surface area contributed by atoms with Crippen molar-refractivity contribution in [3.63, 3.8) is 0 Å². The monoisotopic (exact) mass is 454 g/mol. The van der Waals surface area contributed by atoms with Crippen LogP contribution in [0.1, 0.15) is 24.1 Å². The lowest BCUT2D eigenvalue weighted by molar-refractivity contribution is -0.121. The summed E-state index contributed by atoms with van der Waals surface area (Å²) in [4.78, 5) is 12.4. The molecule has 0 aliphatic carbocycles. The average molecular weight is 455 g/mol. The number of aryl methyl sites for hydroxylation is 1. The van der Waals surface area contributed by atoms with Crippen LogP contribution in [0.25, 0.3) is 0 Å². The van der Waals surface area contributed by atoms with Crippen molar-refractivity contribution in [3.8, 4) is 5.75 Å². The Morgan fingerprint density at radius 1 is 1.22 bits per heavy atom. The molecular weight excluding hydrogens is 432 g/mol. The maximum atomic E-state index is 12.7. The predicted molar refractivity (Wildman–Crippen MR) is 108 cm³/mol. The van der Waals surface area contributed by atoms with Crippen molar-refractivity contribution < 1.29 is 17.9 Å². The number of sulfonamides is 1. The molecule has 27 heavy (non-hydrogen) atoms. The average Bonchev–Trinajstić information content (AvgIpc) is 2.61. The van der Waals surface area contributed by atoms with Crippen molar-refractivity contribution in [1.82, 2.24) is 9.62 Å². The van der Waals surface area contributed by atoms with Crippen molar-refractivity contribution in [2.24, 2.45) is 0 Å². The number of halogens is 1. The van der Waals surface area contributed by atoms with Crippen LogP contribution in [0.3, 0.4) is 0 Å². The zero-order chi connectivity index (χ0) is 20.2. The van der Waals surface area contributed by atoms with Crippen LogP contribution in [0.4, 0.5) is 0 Å². The van der Waals surface area contributed by atoms with Crippen LogP contribution < -0.4 is 10.1 Å². The first kappa shape index (κ1) is 21.4. The molecule has 0 saturated heterocycles. The van der Waals surface area contributed by atoms with Gasteiger partial charge in [-0.15, -0.1) is 0 Å². The topological polar surface area (TPSA) is 75.7 Å². The van der Waals surface area contributed by atoms with Crippen molar-refractivity contribution in [3.05, 3.63) is 58.1 Å². The van der Waals surface area contributed by atoms with Crippen molar-refractivity contribution in [2.75, 3.05) is 20.7 Å². The number of benzene rings is 2. The Kier molecular flexibility index (Phi) is 7.02. The lowest BCUT2D eigenvalue weighted by Gasteiger charge is -2.20. The van der Waals surface area contributed by atoms with Gasteiger partial charge in [0, 0.05) is 11.5 Å². The van der Waals surface area contributed by atoms with Gasteiger partial charge in [-0.25, -0.2) is 8.42 Å². The van der Waals surface area contributed by atoms with Crippen LogP contribution in [0.2, 0.25) is 0 Å². The molecule has 0 heterocycles. The molecule has 0 bridgehead atoms. The first-order chi connectivity index (χ1) is 12.6. The van der Waals surface area contributed by atoms with E-state index in [-0.39, 0.29) is 23.4 Å². The SMILES string of the molecule is COc1ccc(S(=O)(=O)N(C)CC(=O)N[C@@H](C)c2ccc(Br)cc2)cc1C. The second-order valence-electron chi connectivity index (χ2n) is 6.23. The zero-order valence-corrected chi connectivity index (χ0v) is 18.1. The van der Waals surface area contributed by atoms with Crippen LogP contribution in [0.15, 0.2) is 51.8 Å². The number of nitrogens with one attached hydrogen (secondary N) is 1. The van der Waals surface area contributed by atoms with Gasteiger partial charge in [0.2, 0.25) is 15.9 Å². The number of nitrogens with zero attached hydrogens (tertiary/aromatic N) is 1. The molecule has 2 aromatic rings. The standard InChI is InChI=1S/C19H23BrN2O4S/c1-13-11-17(9-10-18(13)26-4)27(24,25)22(3)12-19(23)21-14(2)15-5-7-16(20)8-6-15/h5-11,14H,12H2,1-4H3,(H,21,23)/t14-/m0/s1. The van der Waals surface area contributed by atoms with Gasteiger partial charge in [0.15, 0.2) is 0 Å². The molecule has 0 aromatic heterocycles. The third-order valence-electron chi connectivity index (χ3n) is 4.19. The molecule has 2 rings (SSSR count). The minimum absolute atomic E-state index is 0.122. The van der Waals surface area contributed by atoms with E-state index in [4.69, 9.17) is 4.74 Å². The molecule has 1 amide bonds. The van der Waals surface area contributed by atoms with Crippen molar-refractivity contribution >= 4 is 31.9 Å². The Balaban J connectivity index is 2.06. The summed E-state index contributed by atoms with van der Waals surface area (Å²) in [5.41, 5.74) is 1.64. The maximum Gasteiger partial charge on any atom is 0.243 e. The number of rotatable bonds is 7. The van der Waals surface area contributed by atoms with E-state index in [0.29, 0.717) is 11.3 Å². The largest absolute Gasteiger partial charge is 0.496 e. The van der Waals surface area contributed by atoms with E-state index >= 15 is 0 Å². The number of carbonyl (C=O) groups is 1. The Bertz CT molecular complexity index is 914. The van der Waals surface area contributed by atoms with Gasteiger partial charge in [0.25, 0.3) is 0 Å². The third kappa shape index (κ3) is 5.31. The van der Waals surface area contributed by atoms with Crippen LogP contribution in [-0.4, -0.2) is 39.3 Å². The highest BCUT2D eigenvalue weighted by atomic mass is 79.9. The van der Waals surface area contributed by atoms with Gasteiger partial charge in [-0.2, -0.15) is 4.31 Å². The molecule has 0 spiro atoms. The van der Waals surface area contributed by atoms with E-state index in [0.717, 1.165) is 14.3 Å². The number of carbonyl (C=O) groups excluding carboxylic acids is 1. The van der Waals surface area contributed by atoms with E-state index < -0.39 is 10.0 Å². The number of ether oxygens (including phenoxy) is 1. The summed E-state index contributed by atoms with van der Waals surface area (Å²) >= 11 is 3.37. The molecule has 0 saturated carbocycles. The molecule has 0 unspecified atom stereocenters. The van der Waals surface area contributed by atoms with Gasteiger partial charge >= 0.3 is 0 Å². The molecule has 8 heteroatoms. The van der Waals surface area contributed by atoms with Gasteiger partial charge in [-0.1, -0.05) is 28.1 Å². The normalized spacial score (nSPS) is 12.7. The fourth-order valence-electron chi connectivity index (χ4n) is 2.60. The highest BCUT2D eigenvalue weighted by Gasteiger charge is 2.24. The second-order valence-corrected chi connectivity index (χ2v) is 9.19. The maximum absolute atomic E-state index is 12.7. The molecule has 0 aliphatic heterocycles. The summed E-state index contributed by atoms with van der Waals surface area (Å²) in [6.07, 6.45) is 0. The Labute approximate surface area is 168 Å². The highest BCUT2D eigenvalue weighted by Crippen LogP contribution is 2.23. The molecule has 6 nitrogen and oxygen atoms in total. The fraction of sp³-hybridized carbons (Fsp3) is 0.316. The Morgan fingerprint density at radius 3 is 2.41 bits per heavy atom. The molecule has 146 valence electrons. The summed E-state index contributed by atoms with van der Waals surface area (Å²) in [7, 11) is -0.862. The third-order valence-corrected chi connectivity index (χ3v) is 6.52. The summed E-state index contributed by atoms with van der Waals surface area (Å²) in [5.74, 6) is 0.236. The molecule has 1 atom stereocenters. The first-order valence-electron chi connectivity index (χ1n) is 8.31. The molecule has 2 aromatic carbocycles. The minimum Gasteiger partial charge on any atom is -0.496 e. The Hall–Kier alpha value is -1.90. The van der Waals surface area contributed by atoms with E-state index in [2.05, 4.69) is 21.2 Å². The predicted octanol–water partition coefficient (Wildman–Crippen LogP) is 3.26. The van der Waals surface area contributed by atoms with Crippen LogP contribution in [-0.2, 0) is 14.8 Å². The fourth-order valence-corrected chi connectivity index (χ4v) is 4.08. The van der Waals surface area contributed by atoms with Crippen molar-refractivity contribution in [1.29, 1.82) is 0 Å². The van der Waals surface area contributed by atoms with Gasteiger partial charge in [0.05, 0.1) is 24.6 Å². The second kappa shape index (κ2) is 8.86. The molecule has 0 radical (unpaired) electrons. The minimum atomic E-state index is -3.78. The Morgan fingerprint density at radius 2 is 1.85 bits per heavy atom. The quantitative estimate of drug-likeness (QED) is 0.696. The summed E-state index contributed by atoms with van der Waals surface area (Å²) in [6, 6.07) is 12.0. The van der Waals surface area contributed by atoms with Gasteiger partial charge in [0.1, 0.15) is 5.75 Å². The van der Waals surface area contributed by atoms with Gasteiger partial charge in [-0.05, 0) is 55.3 Å². The molecule has 1 N–H and O–H groups in total. The molecule has 0 fully saturated rings. The summed E-state index contributed by atoms with van der Waals surface area (Å²) in [6.45, 7) is 3.35. The van der Waals surface area contributed by atoms with Crippen molar-refractivity contribution in [2.45, 2.75) is 24.8 Å². The summed E-state index contributed by atoms with van der Waals surface area (Å²) < 4.78 is 32.6. The lowest BCUT2D eigenvalue weighted by atomic mass is 10.1. The number of hydrogen-bond acceptors (Lipinski definition) is 4. The van der Waals surface area contributed by atoms with Gasteiger partial charge in [-0.3, -0.25) is 4.79 Å². The van der Waals surface area contributed by atoms with E-state index in [9.17, 15) is 13.2 Å². The smallest absolute Gasteiger partial charge is 0.243 e. The highest BCUT2D eigenvalue weighted by molar-refractivity contribution is 9.10. The van der Waals surface area contributed by atoms with E-state index in [1.165, 1.54) is 26.3 Å². The molecular formula is C19H23BrN2O4S. The number of likely N-dealkylation sites (N-methyl/N-ethyl adjacent to an activating group) is 1. The molecule has 0 aliphatic rings. The number of amides is 1. The van der Waals surface area contributed by atoms with E-state index in [1.54, 1.807) is 13.0 Å². The van der Waals surface area contributed by atoms with E-state index in [1.807, 2.05) is 31.2 Å². The van der Waals surface area contributed by atoms with Crippen LogP contribution >= 0.6 is 15.9 Å².